The molecular weight excluding hydrogens is 443 g/mol. The molecule has 1 saturated heterocycles. The maximum atomic E-state index is 13.3. The summed E-state index contributed by atoms with van der Waals surface area (Å²) < 4.78 is 7.59. The zero-order valence-corrected chi connectivity index (χ0v) is 18.9. The van der Waals surface area contributed by atoms with Crippen LogP contribution in [0, 0.1) is 0 Å². The molecule has 0 radical (unpaired) electrons. The summed E-state index contributed by atoms with van der Waals surface area (Å²) in [5, 5.41) is 11.4. The van der Waals surface area contributed by atoms with E-state index in [4.69, 9.17) is 21.4 Å². The van der Waals surface area contributed by atoms with Gasteiger partial charge in [0.1, 0.15) is 11.6 Å². The van der Waals surface area contributed by atoms with Crippen LogP contribution >= 0.6 is 35.3 Å². The number of ether oxygens (including phenoxy) is 1. The SMILES string of the molecule is COc1ccccc1C(=O)n1nc(C2CCNCC2)cc1NCc1ccc(Cl)s1.Cl. The minimum Gasteiger partial charge on any atom is -0.496 e. The molecule has 0 spiro atoms. The van der Waals surface area contributed by atoms with Crippen LogP contribution in [-0.2, 0) is 6.54 Å². The highest BCUT2D eigenvalue weighted by Crippen LogP contribution is 2.29. The van der Waals surface area contributed by atoms with Gasteiger partial charge in [-0.3, -0.25) is 4.79 Å². The minimum atomic E-state index is -0.214. The van der Waals surface area contributed by atoms with E-state index in [9.17, 15) is 4.79 Å². The summed E-state index contributed by atoms with van der Waals surface area (Å²) in [5.41, 5.74) is 1.43. The van der Waals surface area contributed by atoms with E-state index in [2.05, 4.69) is 10.6 Å². The van der Waals surface area contributed by atoms with Crippen molar-refractivity contribution in [3.05, 3.63) is 62.9 Å². The number of nitrogens with one attached hydrogen (secondary N) is 2. The van der Waals surface area contributed by atoms with E-state index in [1.807, 2.05) is 30.3 Å². The average Bonchev–Trinajstić information content (AvgIpc) is 3.38. The van der Waals surface area contributed by atoms with Gasteiger partial charge in [-0.2, -0.15) is 9.78 Å². The fraction of sp³-hybridized carbons (Fsp3) is 0.333. The van der Waals surface area contributed by atoms with E-state index in [1.165, 1.54) is 16.0 Å². The second-order valence-electron chi connectivity index (χ2n) is 6.96. The van der Waals surface area contributed by atoms with Crippen molar-refractivity contribution >= 4 is 47.1 Å². The predicted molar refractivity (Wildman–Crippen MR) is 124 cm³/mol. The largest absolute Gasteiger partial charge is 0.496 e. The number of piperidine rings is 1. The molecule has 3 aromatic rings. The summed E-state index contributed by atoms with van der Waals surface area (Å²) in [4.78, 5) is 14.4. The fourth-order valence-electron chi connectivity index (χ4n) is 3.56. The Labute approximate surface area is 191 Å². The molecule has 9 heteroatoms. The van der Waals surface area contributed by atoms with Crippen molar-refractivity contribution in [2.24, 2.45) is 0 Å². The van der Waals surface area contributed by atoms with E-state index in [0.29, 0.717) is 29.6 Å². The van der Waals surface area contributed by atoms with Crippen molar-refractivity contribution in [2.75, 3.05) is 25.5 Å². The number of hydrogen-bond donors (Lipinski definition) is 2. The first-order valence-electron chi connectivity index (χ1n) is 9.62. The van der Waals surface area contributed by atoms with Gasteiger partial charge in [-0.05, 0) is 50.2 Å². The Morgan fingerprint density at radius 1 is 1.30 bits per heavy atom. The first-order valence-corrected chi connectivity index (χ1v) is 10.8. The second-order valence-corrected chi connectivity index (χ2v) is 8.75. The third-order valence-electron chi connectivity index (χ3n) is 5.09. The molecule has 0 aliphatic carbocycles. The van der Waals surface area contributed by atoms with Crippen LogP contribution in [-0.4, -0.2) is 35.9 Å². The number of carbonyl (C=O) groups excluding carboxylic acids is 1. The van der Waals surface area contributed by atoms with Crippen molar-refractivity contribution in [3.63, 3.8) is 0 Å². The Morgan fingerprint density at radius 2 is 2.07 bits per heavy atom. The van der Waals surface area contributed by atoms with Gasteiger partial charge in [-0.25, -0.2) is 0 Å². The number of aromatic nitrogens is 2. The molecule has 6 nitrogen and oxygen atoms in total. The molecule has 2 aromatic heterocycles. The van der Waals surface area contributed by atoms with Crippen LogP contribution in [0.3, 0.4) is 0 Å². The average molecular weight is 467 g/mol. The monoisotopic (exact) mass is 466 g/mol. The normalized spacial score (nSPS) is 14.2. The van der Waals surface area contributed by atoms with Crippen molar-refractivity contribution in [2.45, 2.75) is 25.3 Å². The number of rotatable bonds is 6. The van der Waals surface area contributed by atoms with Gasteiger partial charge in [0.25, 0.3) is 5.91 Å². The van der Waals surface area contributed by atoms with Crippen molar-refractivity contribution in [3.8, 4) is 5.75 Å². The first-order chi connectivity index (χ1) is 14.2. The Hall–Kier alpha value is -2.06. The molecule has 0 saturated carbocycles. The minimum absolute atomic E-state index is 0. The molecule has 160 valence electrons. The molecule has 0 bridgehead atoms. The van der Waals surface area contributed by atoms with Gasteiger partial charge in [0, 0.05) is 16.9 Å². The summed E-state index contributed by atoms with van der Waals surface area (Å²) in [5.74, 6) is 1.35. The Bertz CT molecular complexity index is 999. The molecule has 0 atom stereocenters. The number of halogens is 2. The van der Waals surface area contributed by atoms with Gasteiger partial charge >= 0.3 is 0 Å². The van der Waals surface area contributed by atoms with Gasteiger partial charge in [0.2, 0.25) is 0 Å². The Balaban J connectivity index is 0.00000256. The van der Waals surface area contributed by atoms with E-state index in [1.54, 1.807) is 19.2 Å². The summed E-state index contributed by atoms with van der Waals surface area (Å²) in [6.45, 7) is 2.51. The lowest BCUT2D eigenvalue weighted by Gasteiger charge is -2.20. The molecule has 3 heterocycles. The predicted octanol–water partition coefficient (Wildman–Crippen LogP) is 4.80. The van der Waals surface area contributed by atoms with Crippen molar-refractivity contribution < 1.29 is 9.53 Å². The van der Waals surface area contributed by atoms with Gasteiger partial charge in [-0.15, -0.1) is 23.7 Å². The third-order valence-corrected chi connectivity index (χ3v) is 6.32. The van der Waals surface area contributed by atoms with Crippen molar-refractivity contribution in [1.29, 1.82) is 0 Å². The Kier molecular flexibility index (Phi) is 7.77. The maximum Gasteiger partial charge on any atom is 0.283 e. The quantitative estimate of drug-likeness (QED) is 0.546. The molecule has 1 aliphatic rings. The molecule has 1 fully saturated rings. The van der Waals surface area contributed by atoms with Crippen LogP contribution in [0.1, 0.15) is 39.7 Å². The van der Waals surface area contributed by atoms with Crippen LogP contribution in [0.15, 0.2) is 42.5 Å². The number of anilines is 1. The van der Waals surface area contributed by atoms with Crippen molar-refractivity contribution in [1.82, 2.24) is 15.1 Å². The van der Waals surface area contributed by atoms with Crippen LogP contribution in [0.4, 0.5) is 5.82 Å². The number of para-hydroxylation sites is 1. The molecule has 2 N–H and O–H groups in total. The maximum absolute atomic E-state index is 13.3. The Morgan fingerprint density at radius 3 is 2.77 bits per heavy atom. The summed E-state index contributed by atoms with van der Waals surface area (Å²) in [6, 6.07) is 13.1. The zero-order valence-electron chi connectivity index (χ0n) is 16.6. The lowest BCUT2D eigenvalue weighted by molar-refractivity contribution is 0.0943. The highest BCUT2D eigenvalue weighted by Gasteiger charge is 2.24. The molecule has 1 aromatic carbocycles. The van der Waals surface area contributed by atoms with Crippen LogP contribution in [0.5, 0.6) is 5.75 Å². The van der Waals surface area contributed by atoms with Crippen LogP contribution < -0.4 is 15.4 Å². The molecule has 0 amide bonds. The first kappa shape index (κ1) is 22.6. The highest BCUT2D eigenvalue weighted by atomic mass is 35.5. The summed E-state index contributed by atoms with van der Waals surface area (Å²) in [7, 11) is 1.56. The smallest absolute Gasteiger partial charge is 0.283 e. The topological polar surface area (TPSA) is 68.2 Å². The third kappa shape index (κ3) is 4.98. The van der Waals surface area contributed by atoms with E-state index in [0.717, 1.165) is 40.8 Å². The standard InChI is InChI=1S/C21H23ClN4O2S.ClH/c1-28-18-5-3-2-4-16(18)21(27)26-20(24-13-15-6-7-19(22)29-15)12-17(25-26)14-8-10-23-11-9-14;/h2-7,12,14,23-24H,8-11,13H2,1H3;1H. The number of hydrogen-bond acceptors (Lipinski definition) is 6. The van der Waals surface area contributed by atoms with E-state index >= 15 is 0 Å². The molecule has 4 rings (SSSR count). The van der Waals surface area contributed by atoms with E-state index < -0.39 is 0 Å². The number of carbonyl (C=O) groups is 1. The lowest BCUT2D eigenvalue weighted by atomic mass is 9.95. The second kappa shape index (κ2) is 10.3. The van der Waals surface area contributed by atoms with Crippen LogP contribution in [0.25, 0.3) is 0 Å². The number of nitrogens with zero attached hydrogens (tertiary/aromatic N) is 2. The van der Waals surface area contributed by atoms with Gasteiger partial charge in [0.05, 0.1) is 29.2 Å². The van der Waals surface area contributed by atoms with Crippen LogP contribution in [0.2, 0.25) is 4.34 Å². The van der Waals surface area contributed by atoms with E-state index in [-0.39, 0.29) is 18.3 Å². The van der Waals surface area contributed by atoms with Gasteiger partial charge in [-0.1, -0.05) is 23.7 Å². The highest BCUT2D eigenvalue weighted by molar-refractivity contribution is 7.16. The molecule has 0 unspecified atom stereocenters. The summed E-state index contributed by atoms with van der Waals surface area (Å²) in [6.07, 6.45) is 2.03. The number of methoxy groups -OCH3 is 1. The molecular formula is C21H24Cl2N4O2S. The molecule has 1 aliphatic heterocycles. The van der Waals surface area contributed by atoms with Gasteiger partial charge in [0.15, 0.2) is 0 Å². The number of thiophene rings is 1. The zero-order chi connectivity index (χ0) is 20.2. The summed E-state index contributed by atoms with van der Waals surface area (Å²) >= 11 is 7.56. The lowest BCUT2D eigenvalue weighted by Crippen LogP contribution is -2.27. The molecule has 30 heavy (non-hydrogen) atoms. The number of benzene rings is 1. The fourth-order valence-corrected chi connectivity index (χ4v) is 4.58. The van der Waals surface area contributed by atoms with Gasteiger partial charge < -0.3 is 15.4 Å².